The van der Waals surface area contributed by atoms with E-state index < -0.39 is 11.8 Å². The summed E-state index contributed by atoms with van der Waals surface area (Å²) in [5.74, 6) is -1.31. The van der Waals surface area contributed by atoms with Gasteiger partial charge in [0.05, 0.1) is 44.3 Å². The van der Waals surface area contributed by atoms with E-state index in [0.29, 0.717) is 31.1 Å². The summed E-state index contributed by atoms with van der Waals surface area (Å²) in [5, 5.41) is 13.0. The number of carbonyl (C=O) groups is 3. The van der Waals surface area contributed by atoms with Crippen molar-refractivity contribution in [3.63, 3.8) is 0 Å². The van der Waals surface area contributed by atoms with Crippen molar-refractivity contribution >= 4 is 34.9 Å². The minimum absolute atomic E-state index is 0.0293. The van der Waals surface area contributed by atoms with Crippen molar-refractivity contribution in [2.75, 3.05) is 32.9 Å². The Kier molecular flexibility index (Phi) is 8.74. The van der Waals surface area contributed by atoms with Crippen LogP contribution in [0, 0.1) is 5.41 Å². The van der Waals surface area contributed by atoms with E-state index in [1.165, 1.54) is 16.2 Å². The summed E-state index contributed by atoms with van der Waals surface area (Å²) in [6, 6.07) is 12.1. The first kappa shape index (κ1) is 26.6. The minimum atomic E-state index is -1.01. The second-order valence-corrected chi connectivity index (χ2v) is 9.96. The molecule has 0 radical (unpaired) electrons. The van der Waals surface area contributed by atoms with E-state index in [2.05, 4.69) is 10.6 Å². The third-order valence-electron chi connectivity index (χ3n) is 6.09. The molecule has 1 atom stereocenters. The molecular formula is C25H31N5O6S. The van der Waals surface area contributed by atoms with Crippen LogP contribution in [0.25, 0.3) is 0 Å². The van der Waals surface area contributed by atoms with Gasteiger partial charge < -0.3 is 35.5 Å². The molecule has 0 aliphatic carbocycles. The first-order valence-corrected chi connectivity index (χ1v) is 12.9. The number of amides is 3. The predicted octanol–water partition coefficient (Wildman–Crippen LogP) is 0.968. The van der Waals surface area contributed by atoms with Gasteiger partial charge in [-0.2, -0.15) is 0 Å². The monoisotopic (exact) mass is 529 g/mol. The smallest absolute Gasteiger partial charge is 0.243 e. The maximum atomic E-state index is 13.1. The highest BCUT2D eigenvalue weighted by Crippen LogP contribution is 2.35. The van der Waals surface area contributed by atoms with E-state index in [1.54, 1.807) is 12.1 Å². The van der Waals surface area contributed by atoms with Gasteiger partial charge in [0.1, 0.15) is 17.6 Å². The van der Waals surface area contributed by atoms with Crippen LogP contribution in [-0.2, 0) is 30.4 Å². The number of carbonyl (C=O) groups excluding carboxylic acids is 3. The number of benzene rings is 1. The fraction of sp³-hybridized carbons (Fsp3) is 0.440. The zero-order chi connectivity index (χ0) is 26.3. The number of nitrogens with two attached hydrogens (primary N) is 1. The molecule has 3 amide bonds. The fourth-order valence-electron chi connectivity index (χ4n) is 4.25. The third-order valence-corrected chi connectivity index (χ3v) is 7.21. The molecule has 4 rings (SSSR count). The Bertz CT molecular complexity index is 1120. The van der Waals surface area contributed by atoms with Gasteiger partial charge in [-0.15, -0.1) is 11.3 Å². The number of hydrogen-bond donors (Lipinski definition) is 4. The van der Waals surface area contributed by atoms with Crippen LogP contribution < -0.4 is 21.1 Å². The lowest BCUT2D eigenvalue weighted by Crippen LogP contribution is -2.49. The zero-order valence-corrected chi connectivity index (χ0v) is 21.2. The normalized spacial score (nSPS) is 18.1. The number of ether oxygens (including phenoxy) is 3. The van der Waals surface area contributed by atoms with Crippen LogP contribution in [0.5, 0.6) is 5.75 Å². The highest BCUT2D eigenvalue weighted by Gasteiger charge is 2.52. The second-order valence-electron chi connectivity index (χ2n) is 8.79. The summed E-state index contributed by atoms with van der Waals surface area (Å²) in [4.78, 5) is 41.2. The Labute approximate surface area is 218 Å². The lowest BCUT2D eigenvalue weighted by atomic mass is 10.1. The standard InChI is InChI=1S/C25H31N5O6S/c26-23(27)20-9-8-18(37-20)14-29-24(33)19-13-25(35-11-12-36-25)16-30(19)22(32)15-28-21(31)7-4-10-34-17-5-2-1-3-6-17/h1-3,5-6,8-9,19H,4,7,10-16H2,(H3,26,27)(H,28,31)(H,29,33). The Morgan fingerprint density at radius 2 is 1.89 bits per heavy atom. The minimum Gasteiger partial charge on any atom is -0.494 e. The van der Waals surface area contributed by atoms with E-state index >= 15 is 0 Å². The molecule has 198 valence electrons. The molecule has 2 saturated heterocycles. The summed E-state index contributed by atoms with van der Waals surface area (Å²) in [6.45, 7) is 1.28. The predicted molar refractivity (Wildman–Crippen MR) is 136 cm³/mol. The van der Waals surface area contributed by atoms with Crippen LogP contribution in [0.2, 0.25) is 0 Å². The average molecular weight is 530 g/mol. The van der Waals surface area contributed by atoms with Crippen molar-refractivity contribution in [3.05, 3.63) is 52.2 Å². The maximum absolute atomic E-state index is 13.1. The molecule has 12 heteroatoms. The molecule has 0 bridgehead atoms. The van der Waals surface area contributed by atoms with E-state index in [9.17, 15) is 14.4 Å². The maximum Gasteiger partial charge on any atom is 0.243 e. The zero-order valence-electron chi connectivity index (χ0n) is 20.4. The van der Waals surface area contributed by atoms with Crippen LogP contribution in [0.4, 0.5) is 0 Å². The molecular weight excluding hydrogens is 498 g/mol. The number of hydrogen-bond acceptors (Lipinski definition) is 8. The van der Waals surface area contributed by atoms with Crippen molar-refractivity contribution in [3.8, 4) is 5.75 Å². The second kappa shape index (κ2) is 12.2. The number of nitrogen functional groups attached to an aromatic ring is 1. The van der Waals surface area contributed by atoms with Gasteiger partial charge in [-0.1, -0.05) is 18.2 Å². The van der Waals surface area contributed by atoms with E-state index in [4.69, 9.17) is 25.4 Å². The van der Waals surface area contributed by atoms with Crippen LogP contribution >= 0.6 is 11.3 Å². The highest BCUT2D eigenvalue weighted by molar-refractivity contribution is 7.14. The van der Waals surface area contributed by atoms with Crippen LogP contribution in [0.3, 0.4) is 0 Å². The van der Waals surface area contributed by atoms with E-state index in [-0.39, 0.29) is 56.0 Å². The number of nitrogens with zero attached hydrogens (tertiary/aromatic N) is 1. The molecule has 5 N–H and O–H groups in total. The van der Waals surface area contributed by atoms with Crippen LogP contribution in [0.15, 0.2) is 42.5 Å². The Hall–Kier alpha value is -3.48. The summed E-state index contributed by atoms with van der Waals surface area (Å²) in [6.07, 6.45) is 0.921. The number of para-hydroxylation sites is 1. The van der Waals surface area contributed by atoms with Crippen molar-refractivity contribution < 1.29 is 28.6 Å². The lowest BCUT2D eigenvalue weighted by Gasteiger charge is -2.24. The van der Waals surface area contributed by atoms with E-state index in [1.807, 2.05) is 30.3 Å². The van der Waals surface area contributed by atoms with Crippen molar-refractivity contribution in [1.29, 1.82) is 5.41 Å². The molecule has 1 unspecified atom stereocenters. The van der Waals surface area contributed by atoms with Gasteiger partial charge in [-0.05, 0) is 30.7 Å². The summed E-state index contributed by atoms with van der Waals surface area (Å²) in [5.41, 5.74) is 5.51. The number of nitrogens with one attached hydrogen (secondary N) is 3. The van der Waals surface area contributed by atoms with Gasteiger partial charge in [0, 0.05) is 17.7 Å². The molecule has 1 spiro atoms. The number of rotatable bonds is 11. The fourth-order valence-corrected chi connectivity index (χ4v) is 5.06. The van der Waals surface area contributed by atoms with Gasteiger partial charge in [-0.3, -0.25) is 19.8 Å². The van der Waals surface area contributed by atoms with Gasteiger partial charge in [0.15, 0.2) is 5.79 Å². The van der Waals surface area contributed by atoms with Crippen molar-refractivity contribution in [1.82, 2.24) is 15.5 Å². The first-order valence-electron chi connectivity index (χ1n) is 12.1. The number of thiophene rings is 1. The molecule has 1 aromatic carbocycles. The van der Waals surface area contributed by atoms with Gasteiger partial charge in [-0.25, -0.2) is 0 Å². The number of likely N-dealkylation sites (tertiary alicyclic amines) is 1. The van der Waals surface area contributed by atoms with E-state index in [0.717, 1.165) is 10.6 Å². The molecule has 3 heterocycles. The molecule has 1 aromatic heterocycles. The van der Waals surface area contributed by atoms with Crippen LogP contribution in [0.1, 0.15) is 29.0 Å². The van der Waals surface area contributed by atoms with Gasteiger partial charge >= 0.3 is 0 Å². The Balaban J connectivity index is 1.27. The molecule has 37 heavy (non-hydrogen) atoms. The highest BCUT2D eigenvalue weighted by atomic mass is 32.1. The molecule has 2 aliphatic heterocycles. The third kappa shape index (κ3) is 7.06. The largest absolute Gasteiger partial charge is 0.494 e. The van der Waals surface area contributed by atoms with Crippen molar-refractivity contribution in [2.45, 2.75) is 37.6 Å². The number of amidine groups is 1. The Morgan fingerprint density at radius 3 is 2.59 bits per heavy atom. The summed E-state index contributed by atoms with van der Waals surface area (Å²) in [7, 11) is 0. The summed E-state index contributed by atoms with van der Waals surface area (Å²) >= 11 is 1.32. The van der Waals surface area contributed by atoms with Gasteiger partial charge in [0.2, 0.25) is 17.7 Å². The molecule has 2 fully saturated rings. The topological polar surface area (TPSA) is 156 Å². The molecule has 2 aliphatic rings. The molecule has 2 aromatic rings. The molecule has 11 nitrogen and oxygen atoms in total. The summed E-state index contributed by atoms with van der Waals surface area (Å²) < 4.78 is 17.1. The Morgan fingerprint density at radius 1 is 1.14 bits per heavy atom. The van der Waals surface area contributed by atoms with Gasteiger partial charge in [0.25, 0.3) is 0 Å². The molecule has 0 saturated carbocycles. The average Bonchev–Trinajstić information content (AvgIpc) is 3.65. The first-order chi connectivity index (χ1) is 17.8. The SMILES string of the molecule is N=C(N)c1ccc(CNC(=O)C2CC3(CN2C(=O)CNC(=O)CCCOc2ccccc2)OCCO3)s1. The van der Waals surface area contributed by atoms with Crippen LogP contribution in [-0.4, -0.2) is 73.2 Å². The lowest BCUT2D eigenvalue weighted by molar-refractivity contribution is -0.152. The van der Waals surface area contributed by atoms with Crippen molar-refractivity contribution in [2.24, 2.45) is 5.73 Å². The quantitative estimate of drug-likeness (QED) is 0.192.